The molecule has 4 aromatic carbocycles. The van der Waals surface area contributed by atoms with Gasteiger partial charge in [-0.1, -0.05) is 42.5 Å². The zero-order valence-electron chi connectivity index (χ0n) is 19.8. The topological polar surface area (TPSA) is 35.5 Å². The first-order valence-electron chi connectivity index (χ1n) is 11.9. The summed E-state index contributed by atoms with van der Waals surface area (Å²) >= 11 is 0. The first-order chi connectivity index (χ1) is 17.7. The number of ether oxygens (including phenoxy) is 2. The molecule has 1 aliphatic rings. The highest BCUT2D eigenvalue weighted by Gasteiger charge is 2.41. The summed E-state index contributed by atoms with van der Waals surface area (Å²) in [5, 5.41) is 2.08. The van der Waals surface area contributed by atoms with E-state index in [1.807, 2.05) is 42.5 Å². The molecular formula is C30H22F3O3S+. The van der Waals surface area contributed by atoms with Crippen molar-refractivity contribution in [1.29, 1.82) is 0 Å². The van der Waals surface area contributed by atoms with E-state index in [0.29, 0.717) is 29.5 Å². The molecule has 7 heteroatoms. The van der Waals surface area contributed by atoms with Crippen LogP contribution in [-0.4, -0.2) is 12.3 Å². The molecule has 5 aromatic rings. The van der Waals surface area contributed by atoms with Crippen LogP contribution in [0.15, 0.2) is 91.0 Å². The molecule has 0 radical (unpaired) electrons. The molecule has 0 saturated heterocycles. The van der Waals surface area contributed by atoms with Crippen LogP contribution in [0.1, 0.15) is 34.8 Å². The average molecular weight is 520 g/mol. The smallest absolute Gasteiger partial charge is 0.451 e. The Kier molecular flexibility index (Phi) is 5.49. The van der Waals surface area contributed by atoms with Gasteiger partial charge < -0.3 is 9.47 Å². The van der Waals surface area contributed by atoms with Gasteiger partial charge in [0.15, 0.2) is 14.3 Å². The van der Waals surface area contributed by atoms with Gasteiger partial charge in [-0.3, -0.25) is 0 Å². The minimum absolute atomic E-state index is 0.244. The predicted octanol–water partition coefficient (Wildman–Crippen LogP) is 8.65. The van der Waals surface area contributed by atoms with Crippen molar-refractivity contribution in [3.63, 3.8) is 0 Å². The molecule has 0 saturated carbocycles. The average Bonchev–Trinajstić information content (AvgIpc) is 3.39. The molecule has 186 valence electrons. The van der Waals surface area contributed by atoms with E-state index in [1.54, 1.807) is 19.1 Å². The molecule has 0 aliphatic heterocycles. The summed E-state index contributed by atoms with van der Waals surface area (Å²) in [5.74, 6) is -0.754. The molecule has 0 spiro atoms. The zero-order valence-corrected chi connectivity index (χ0v) is 20.7. The second kappa shape index (κ2) is 8.63. The van der Waals surface area contributed by atoms with E-state index in [0.717, 1.165) is 15.5 Å². The first-order valence-corrected chi connectivity index (χ1v) is 13.1. The quantitative estimate of drug-likeness (QED) is 0.176. The molecule has 0 amide bonds. The standard InChI is InChI=1S/C30H22F3O3S/c1-29(17-16-22-24(29)11-7-12-25(22)35-30(31,32)33)36-28(34)19-14-15-27-23(18-19)21-10-5-6-13-26(21)37(27)20-8-3-2-4-9-20/h2-15,18H,16-17H2,1H3/q+1. The van der Waals surface area contributed by atoms with Crippen LogP contribution in [0, 0.1) is 0 Å². The van der Waals surface area contributed by atoms with Crippen molar-refractivity contribution in [2.75, 3.05) is 0 Å². The molecule has 0 bridgehead atoms. The summed E-state index contributed by atoms with van der Waals surface area (Å²) in [5.41, 5.74) is 0.317. The SMILES string of the molecule is CC1(OC(=O)c2ccc3c(c2)c2ccccc2[s+]3-c2ccccc2)CCc2c(OC(F)(F)F)cccc21. The minimum atomic E-state index is -4.79. The third-order valence-corrected chi connectivity index (χ3v) is 9.24. The van der Waals surface area contributed by atoms with Crippen molar-refractivity contribution in [3.8, 4) is 10.6 Å². The number of halogens is 3. The summed E-state index contributed by atoms with van der Waals surface area (Å²) < 4.78 is 51.2. The highest BCUT2D eigenvalue weighted by molar-refractivity contribution is 7.50. The Hall–Kier alpha value is -3.84. The van der Waals surface area contributed by atoms with Crippen molar-refractivity contribution in [1.82, 2.24) is 0 Å². The highest BCUT2D eigenvalue weighted by Crippen LogP contribution is 2.49. The summed E-state index contributed by atoms with van der Waals surface area (Å²) in [6.45, 7) is 1.74. The van der Waals surface area contributed by atoms with Crippen molar-refractivity contribution >= 4 is 36.6 Å². The maximum Gasteiger partial charge on any atom is 0.573 e. The molecule has 0 fully saturated rings. The molecule has 1 heterocycles. The van der Waals surface area contributed by atoms with Crippen molar-refractivity contribution in [3.05, 3.63) is 108 Å². The van der Waals surface area contributed by atoms with Crippen LogP contribution in [0.5, 0.6) is 5.75 Å². The van der Waals surface area contributed by atoms with Crippen LogP contribution in [0.3, 0.4) is 0 Å². The molecule has 2 unspecified atom stereocenters. The summed E-state index contributed by atoms with van der Waals surface area (Å²) in [4.78, 5) is 14.6. The van der Waals surface area contributed by atoms with Crippen LogP contribution in [0.25, 0.3) is 25.1 Å². The normalized spacial score (nSPS) is 17.7. The van der Waals surface area contributed by atoms with Gasteiger partial charge in [-0.2, -0.15) is 0 Å². The van der Waals surface area contributed by atoms with Crippen LogP contribution >= 0.6 is 10.5 Å². The number of esters is 1. The number of benzene rings is 4. The maximum absolute atomic E-state index is 13.4. The van der Waals surface area contributed by atoms with Gasteiger partial charge in [0.25, 0.3) is 0 Å². The van der Waals surface area contributed by atoms with E-state index in [4.69, 9.17) is 4.74 Å². The summed E-state index contributed by atoms with van der Waals surface area (Å²) in [6.07, 6.45) is -4.09. The molecule has 1 aromatic heterocycles. The van der Waals surface area contributed by atoms with E-state index in [-0.39, 0.29) is 16.2 Å². The first kappa shape index (κ1) is 23.6. The second-order valence-electron chi connectivity index (χ2n) is 9.28. The Labute approximate surface area is 214 Å². The van der Waals surface area contributed by atoms with Gasteiger partial charge in [0.2, 0.25) is 0 Å². The number of rotatable bonds is 4. The van der Waals surface area contributed by atoms with Crippen LogP contribution in [0.2, 0.25) is 0 Å². The molecule has 37 heavy (non-hydrogen) atoms. The zero-order chi connectivity index (χ0) is 25.8. The molecule has 2 atom stereocenters. The van der Waals surface area contributed by atoms with Gasteiger partial charge in [0.05, 0.1) is 5.56 Å². The fourth-order valence-electron chi connectivity index (χ4n) is 5.25. The fraction of sp³-hybridized carbons (Fsp3) is 0.167. The van der Waals surface area contributed by atoms with Gasteiger partial charge in [0.1, 0.15) is 11.4 Å². The van der Waals surface area contributed by atoms with E-state index in [1.165, 1.54) is 21.7 Å². The number of fused-ring (bicyclic) bond motifs is 4. The van der Waals surface area contributed by atoms with Crippen molar-refractivity contribution in [2.24, 2.45) is 0 Å². The van der Waals surface area contributed by atoms with E-state index < -0.39 is 17.9 Å². The lowest BCUT2D eigenvalue weighted by molar-refractivity contribution is -0.274. The van der Waals surface area contributed by atoms with Gasteiger partial charge >= 0.3 is 12.3 Å². The Bertz CT molecular complexity index is 1660. The molecule has 0 N–H and O–H groups in total. The minimum Gasteiger partial charge on any atom is -0.451 e. The lowest BCUT2D eigenvalue weighted by Gasteiger charge is -2.26. The van der Waals surface area contributed by atoms with Crippen molar-refractivity contribution < 1.29 is 27.4 Å². The Balaban J connectivity index is 1.37. The Morgan fingerprint density at radius 3 is 2.38 bits per heavy atom. The number of carbonyl (C=O) groups is 1. The third-order valence-electron chi connectivity index (χ3n) is 6.91. The lowest BCUT2D eigenvalue weighted by atomic mass is 9.97. The van der Waals surface area contributed by atoms with Gasteiger partial charge in [-0.15, -0.1) is 13.2 Å². The number of hydrogen-bond acceptors (Lipinski definition) is 3. The molecule has 6 rings (SSSR count). The second-order valence-corrected chi connectivity index (χ2v) is 11.2. The third kappa shape index (κ3) is 4.13. The lowest BCUT2D eigenvalue weighted by Crippen LogP contribution is -2.26. The van der Waals surface area contributed by atoms with Gasteiger partial charge in [-0.25, -0.2) is 4.79 Å². The number of thiophene rings is 1. The Morgan fingerprint density at radius 1 is 0.865 bits per heavy atom. The number of hydrogen-bond donors (Lipinski definition) is 0. The number of alkyl halides is 3. The molecular weight excluding hydrogens is 497 g/mol. The fourth-order valence-corrected chi connectivity index (χ4v) is 7.63. The molecule has 1 aliphatic carbocycles. The van der Waals surface area contributed by atoms with E-state index in [9.17, 15) is 18.0 Å². The highest BCUT2D eigenvalue weighted by atomic mass is 32.2. The van der Waals surface area contributed by atoms with Gasteiger partial charge in [-0.05, 0) is 68.3 Å². The van der Waals surface area contributed by atoms with E-state index in [2.05, 4.69) is 29.0 Å². The summed E-state index contributed by atoms with van der Waals surface area (Å²) in [7, 11) is -0.273. The number of carbonyl (C=O) groups excluding carboxylic acids is 1. The molecule has 3 nitrogen and oxygen atoms in total. The van der Waals surface area contributed by atoms with Crippen LogP contribution < -0.4 is 4.74 Å². The van der Waals surface area contributed by atoms with Crippen LogP contribution in [-0.2, 0) is 16.8 Å². The predicted molar refractivity (Wildman–Crippen MR) is 139 cm³/mol. The Morgan fingerprint density at radius 2 is 1.59 bits per heavy atom. The largest absolute Gasteiger partial charge is 0.573 e. The van der Waals surface area contributed by atoms with Crippen molar-refractivity contribution in [2.45, 2.75) is 31.7 Å². The van der Waals surface area contributed by atoms with E-state index >= 15 is 0 Å². The van der Waals surface area contributed by atoms with Gasteiger partial charge in [0, 0.05) is 32.4 Å². The monoisotopic (exact) mass is 519 g/mol. The summed E-state index contributed by atoms with van der Waals surface area (Å²) in [6, 6.07) is 28.6. The van der Waals surface area contributed by atoms with Crippen LogP contribution in [0.4, 0.5) is 13.2 Å². The maximum atomic E-state index is 13.4.